The molecule has 1 aromatic carbocycles. The molecule has 0 bridgehead atoms. The van der Waals surface area contributed by atoms with Gasteiger partial charge in [-0.25, -0.2) is 4.79 Å². The van der Waals surface area contributed by atoms with Gasteiger partial charge in [-0.1, -0.05) is 15.9 Å². The second kappa shape index (κ2) is 9.58. The minimum Gasteiger partial charge on any atom is -0.491 e. The van der Waals surface area contributed by atoms with Gasteiger partial charge in [0, 0.05) is 17.6 Å². The van der Waals surface area contributed by atoms with Crippen LogP contribution < -0.4 is 4.74 Å². The molecule has 1 atom stereocenters. The lowest BCUT2D eigenvalue weighted by Crippen LogP contribution is -2.41. The van der Waals surface area contributed by atoms with Crippen LogP contribution in [-0.4, -0.2) is 35.8 Å². The summed E-state index contributed by atoms with van der Waals surface area (Å²) in [6.45, 7) is 8.74. The summed E-state index contributed by atoms with van der Waals surface area (Å²) in [4.78, 5) is 13.9. The molecular weight excluding hydrogens is 451 g/mol. The molecule has 0 radical (unpaired) electrons. The van der Waals surface area contributed by atoms with E-state index < -0.39 is 17.3 Å². The molecule has 1 aliphatic rings. The lowest BCUT2D eigenvalue weighted by Gasteiger charge is -2.33. The van der Waals surface area contributed by atoms with Gasteiger partial charge in [0.05, 0.1) is 11.7 Å². The fraction of sp³-hybridized carbons (Fsp3) is 0.667. The van der Waals surface area contributed by atoms with Crippen molar-refractivity contribution in [3.8, 4) is 5.75 Å². The van der Waals surface area contributed by atoms with Crippen molar-refractivity contribution in [2.45, 2.75) is 71.3 Å². The highest BCUT2D eigenvalue weighted by molar-refractivity contribution is 9.10. The van der Waals surface area contributed by atoms with Gasteiger partial charge < -0.3 is 14.4 Å². The number of nitrogens with zero attached hydrogens (tertiary/aromatic N) is 1. The SMILES string of the molecule is C[C@H](CCC1CCN(C(=O)OC(C)(C)C)CC1)Oc1ccc(Br)c(C(F)(F)F)c1. The molecule has 164 valence electrons. The summed E-state index contributed by atoms with van der Waals surface area (Å²) in [7, 11) is 0. The molecule has 2 rings (SSSR count). The summed E-state index contributed by atoms with van der Waals surface area (Å²) in [6, 6.07) is 3.92. The average molecular weight is 480 g/mol. The number of ether oxygens (including phenoxy) is 2. The normalized spacial score (nSPS) is 17.2. The molecule has 1 saturated heterocycles. The van der Waals surface area contributed by atoms with Crippen LogP contribution in [0.25, 0.3) is 0 Å². The van der Waals surface area contributed by atoms with Crippen molar-refractivity contribution in [2.24, 2.45) is 5.92 Å². The van der Waals surface area contributed by atoms with E-state index in [1.165, 1.54) is 12.1 Å². The van der Waals surface area contributed by atoms with E-state index in [2.05, 4.69) is 15.9 Å². The van der Waals surface area contributed by atoms with E-state index >= 15 is 0 Å². The smallest absolute Gasteiger partial charge is 0.417 e. The summed E-state index contributed by atoms with van der Waals surface area (Å²) >= 11 is 2.93. The number of amides is 1. The Bertz CT molecular complexity index is 695. The zero-order valence-corrected chi connectivity index (χ0v) is 18.9. The largest absolute Gasteiger partial charge is 0.491 e. The summed E-state index contributed by atoms with van der Waals surface area (Å²) < 4.78 is 50.2. The lowest BCUT2D eigenvalue weighted by molar-refractivity contribution is -0.138. The molecule has 1 aromatic rings. The van der Waals surface area contributed by atoms with Crippen LogP contribution in [0, 0.1) is 5.92 Å². The molecule has 29 heavy (non-hydrogen) atoms. The Morgan fingerprint density at radius 1 is 1.24 bits per heavy atom. The Kier molecular flexibility index (Phi) is 7.87. The third-order valence-electron chi connectivity index (χ3n) is 4.83. The van der Waals surface area contributed by atoms with Gasteiger partial charge >= 0.3 is 12.3 Å². The van der Waals surface area contributed by atoms with Gasteiger partial charge in [0.25, 0.3) is 0 Å². The number of carbonyl (C=O) groups excluding carboxylic acids is 1. The topological polar surface area (TPSA) is 38.8 Å². The van der Waals surface area contributed by atoms with Crippen LogP contribution in [0.3, 0.4) is 0 Å². The fourth-order valence-corrected chi connectivity index (χ4v) is 3.76. The third kappa shape index (κ3) is 7.72. The highest BCUT2D eigenvalue weighted by Gasteiger charge is 2.33. The van der Waals surface area contributed by atoms with E-state index in [1.807, 2.05) is 27.7 Å². The molecule has 4 nitrogen and oxygen atoms in total. The van der Waals surface area contributed by atoms with Crippen molar-refractivity contribution in [3.63, 3.8) is 0 Å². The molecule has 8 heteroatoms. The van der Waals surface area contributed by atoms with Crippen LogP contribution in [0.15, 0.2) is 22.7 Å². The summed E-state index contributed by atoms with van der Waals surface area (Å²) in [6.07, 6.45) is -1.46. The molecule has 0 N–H and O–H groups in total. The van der Waals surface area contributed by atoms with E-state index in [0.29, 0.717) is 19.0 Å². The Morgan fingerprint density at radius 2 is 1.86 bits per heavy atom. The fourth-order valence-electron chi connectivity index (χ4n) is 3.29. The Hall–Kier alpha value is -1.44. The second-order valence-corrected chi connectivity index (χ2v) is 9.41. The molecule has 1 heterocycles. The van der Waals surface area contributed by atoms with Crippen molar-refractivity contribution in [1.82, 2.24) is 4.90 Å². The Balaban J connectivity index is 1.78. The number of alkyl halides is 3. The highest BCUT2D eigenvalue weighted by Crippen LogP contribution is 2.37. The highest BCUT2D eigenvalue weighted by atomic mass is 79.9. The molecule has 0 saturated carbocycles. The molecule has 0 aromatic heterocycles. The number of hydrogen-bond acceptors (Lipinski definition) is 3. The maximum absolute atomic E-state index is 13.0. The monoisotopic (exact) mass is 479 g/mol. The zero-order chi connectivity index (χ0) is 21.8. The second-order valence-electron chi connectivity index (χ2n) is 8.56. The van der Waals surface area contributed by atoms with E-state index in [9.17, 15) is 18.0 Å². The van der Waals surface area contributed by atoms with Crippen LogP contribution >= 0.6 is 15.9 Å². The Morgan fingerprint density at radius 3 is 2.41 bits per heavy atom. The molecule has 1 aliphatic heterocycles. The van der Waals surface area contributed by atoms with E-state index in [4.69, 9.17) is 9.47 Å². The molecule has 0 aliphatic carbocycles. The van der Waals surface area contributed by atoms with Gasteiger partial charge in [0.15, 0.2) is 0 Å². The molecule has 0 spiro atoms. The molecular formula is C21H29BrF3NO3. The first-order valence-electron chi connectivity index (χ1n) is 9.86. The molecule has 0 unspecified atom stereocenters. The number of carbonyl (C=O) groups is 1. The van der Waals surface area contributed by atoms with Crippen LogP contribution in [0.5, 0.6) is 5.75 Å². The first kappa shape index (κ1) is 23.8. The molecule has 1 amide bonds. The van der Waals surface area contributed by atoms with Crippen LogP contribution in [0.1, 0.15) is 58.9 Å². The average Bonchev–Trinajstić information content (AvgIpc) is 2.59. The first-order valence-corrected chi connectivity index (χ1v) is 10.7. The summed E-state index contributed by atoms with van der Waals surface area (Å²) in [5.74, 6) is 0.683. The Labute approximate surface area is 178 Å². The van der Waals surface area contributed by atoms with Crippen molar-refractivity contribution in [2.75, 3.05) is 13.1 Å². The third-order valence-corrected chi connectivity index (χ3v) is 5.52. The van der Waals surface area contributed by atoms with Crippen LogP contribution in [0.2, 0.25) is 0 Å². The maximum atomic E-state index is 13.0. The van der Waals surface area contributed by atoms with E-state index in [1.54, 1.807) is 4.90 Å². The van der Waals surface area contributed by atoms with Gasteiger partial charge in [-0.05, 0) is 77.5 Å². The van der Waals surface area contributed by atoms with Crippen LogP contribution in [-0.2, 0) is 10.9 Å². The molecule has 1 fully saturated rings. The van der Waals surface area contributed by atoms with Crippen molar-refractivity contribution < 1.29 is 27.4 Å². The van der Waals surface area contributed by atoms with Crippen molar-refractivity contribution in [1.29, 1.82) is 0 Å². The quantitative estimate of drug-likeness (QED) is 0.473. The van der Waals surface area contributed by atoms with Gasteiger partial charge in [0.2, 0.25) is 0 Å². The number of hydrogen-bond donors (Lipinski definition) is 0. The standard InChI is InChI=1S/C21H29BrF3NO3/c1-14(28-16-7-8-18(22)17(13-16)21(23,24)25)5-6-15-9-11-26(12-10-15)19(27)29-20(2,3)4/h7-8,13-15H,5-6,9-12H2,1-4H3/t14-/m1/s1. The predicted molar refractivity (Wildman–Crippen MR) is 109 cm³/mol. The zero-order valence-electron chi connectivity index (χ0n) is 17.3. The summed E-state index contributed by atoms with van der Waals surface area (Å²) in [5, 5.41) is 0. The van der Waals surface area contributed by atoms with E-state index in [0.717, 1.165) is 31.7 Å². The minimum atomic E-state index is -4.43. The van der Waals surface area contributed by atoms with Crippen molar-refractivity contribution in [3.05, 3.63) is 28.2 Å². The lowest BCUT2D eigenvalue weighted by atomic mass is 9.91. The number of rotatable bonds is 5. The van der Waals surface area contributed by atoms with Gasteiger partial charge in [-0.15, -0.1) is 0 Å². The number of piperidine rings is 1. The van der Waals surface area contributed by atoms with Gasteiger partial charge in [-0.2, -0.15) is 13.2 Å². The predicted octanol–water partition coefficient (Wildman–Crippen LogP) is 6.66. The number of likely N-dealkylation sites (tertiary alicyclic amines) is 1. The summed E-state index contributed by atoms with van der Waals surface area (Å²) in [5.41, 5.74) is -1.24. The maximum Gasteiger partial charge on any atom is 0.417 e. The number of halogens is 4. The van der Waals surface area contributed by atoms with Crippen molar-refractivity contribution >= 4 is 22.0 Å². The minimum absolute atomic E-state index is 0.00162. The van der Waals surface area contributed by atoms with Gasteiger partial charge in [0.1, 0.15) is 11.4 Å². The van der Waals surface area contributed by atoms with E-state index in [-0.39, 0.29) is 22.4 Å². The number of benzene rings is 1. The first-order chi connectivity index (χ1) is 13.3. The van der Waals surface area contributed by atoms with Crippen LogP contribution in [0.4, 0.5) is 18.0 Å². The van der Waals surface area contributed by atoms with Gasteiger partial charge in [-0.3, -0.25) is 0 Å².